The molecular weight excluding hydrogens is 276 g/mol. The van der Waals surface area contributed by atoms with Crippen LogP contribution in [0.1, 0.15) is 23.0 Å². The van der Waals surface area contributed by atoms with Gasteiger partial charge in [-0.05, 0) is 17.9 Å². The predicted molar refractivity (Wildman–Crippen MR) is 76.7 cm³/mol. The van der Waals surface area contributed by atoms with Gasteiger partial charge in [-0.3, -0.25) is 14.6 Å². The van der Waals surface area contributed by atoms with Crippen LogP contribution in [0.3, 0.4) is 0 Å². The molecule has 6 nitrogen and oxygen atoms in total. The number of hydrogen-bond acceptors (Lipinski definition) is 5. The Kier molecular flexibility index (Phi) is 4.89. The summed E-state index contributed by atoms with van der Waals surface area (Å²) in [6.45, 7) is 2.01. The van der Waals surface area contributed by atoms with Gasteiger partial charge in [0.15, 0.2) is 5.16 Å². The normalized spacial score (nSPS) is 10.2. The first-order valence-corrected chi connectivity index (χ1v) is 7.11. The number of amides is 1. The minimum atomic E-state index is -0.329. The summed E-state index contributed by atoms with van der Waals surface area (Å²) in [7, 11) is 0. The monoisotopic (exact) mass is 290 g/mol. The molecule has 0 aliphatic rings. The van der Waals surface area contributed by atoms with E-state index >= 15 is 0 Å². The molecule has 7 heteroatoms. The lowest BCUT2D eigenvalue weighted by Crippen LogP contribution is -2.28. The number of H-pyrrole nitrogens is 1. The van der Waals surface area contributed by atoms with Gasteiger partial charge in [0, 0.05) is 5.56 Å². The summed E-state index contributed by atoms with van der Waals surface area (Å²) in [4.78, 5) is 26.2. The van der Waals surface area contributed by atoms with Gasteiger partial charge in [0.2, 0.25) is 0 Å². The maximum atomic E-state index is 11.8. The standard InChI is InChI=1S/C13H14N4O2S/c1-2-20-13-15-12(19)10(16-17-13)8-14-11(18)9-6-4-3-5-7-9/h3-7H,2,8H2,1H3,(H,14,18)(H,15,17,19). The molecule has 0 fully saturated rings. The summed E-state index contributed by atoms with van der Waals surface area (Å²) >= 11 is 1.40. The highest BCUT2D eigenvalue weighted by Crippen LogP contribution is 2.07. The molecule has 2 rings (SSSR count). The Morgan fingerprint density at radius 2 is 2.05 bits per heavy atom. The molecule has 0 radical (unpaired) electrons. The molecule has 1 aromatic heterocycles. The number of hydrogen-bond donors (Lipinski definition) is 2. The highest BCUT2D eigenvalue weighted by Gasteiger charge is 2.08. The first-order valence-electron chi connectivity index (χ1n) is 6.12. The second kappa shape index (κ2) is 6.85. The van der Waals surface area contributed by atoms with Crippen molar-refractivity contribution < 1.29 is 4.79 Å². The van der Waals surface area contributed by atoms with Crippen molar-refractivity contribution in [2.75, 3.05) is 5.75 Å². The maximum absolute atomic E-state index is 11.8. The van der Waals surface area contributed by atoms with E-state index in [-0.39, 0.29) is 23.7 Å². The van der Waals surface area contributed by atoms with Crippen LogP contribution in [0.15, 0.2) is 40.3 Å². The molecule has 0 aliphatic carbocycles. The molecule has 0 aliphatic heterocycles. The Morgan fingerprint density at radius 1 is 1.30 bits per heavy atom. The second-order valence-electron chi connectivity index (χ2n) is 3.89. The lowest BCUT2D eigenvalue weighted by atomic mass is 10.2. The molecule has 1 heterocycles. The third-order valence-electron chi connectivity index (χ3n) is 2.48. The third-order valence-corrected chi connectivity index (χ3v) is 3.22. The van der Waals surface area contributed by atoms with Gasteiger partial charge in [-0.25, -0.2) is 0 Å². The Labute approximate surface area is 120 Å². The van der Waals surface area contributed by atoms with Crippen molar-refractivity contribution >= 4 is 17.7 Å². The van der Waals surface area contributed by atoms with Gasteiger partial charge >= 0.3 is 0 Å². The van der Waals surface area contributed by atoms with Crippen molar-refractivity contribution in [3.63, 3.8) is 0 Å². The van der Waals surface area contributed by atoms with Gasteiger partial charge < -0.3 is 5.32 Å². The van der Waals surface area contributed by atoms with Crippen molar-refractivity contribution in [3.8, 4) is 0 Å². The van der Waals surface area contributed by atoms with Gasteiger partial charge in [0.1, 0.15) is 5.69 Å². The van der Waals surface area contributed by atoms with Crippen LogP contribution in [0.2, 0.25) is 0 Å². The summed E-state index contributed by atoms with van der Waals surface area (Å²) in [6.07, 6.45) is 0. The lowest BCUT2D eigenvalue weighted by molar-refractivity contribution is 0.0950. The van der Waals surface area contributed by atoms with Gasteiger partial charge in [0.05, 0.1) is 6.54 Å². The number of aromatic amines is 1. The van der Waals surface area contributed by atoms with E-state index in [1.807, 2.05) is 13.0 Å². The molecule has 0 saturated carbocycles. The quantitative estimate of drug-likeness (QED) is 0.808. The zero-order chi connectivity index (χ0) is 14.4. The molecule has 2 N–H and O–H groups in total. The van der Waals surface area contributed by atoms with Gasteiger partial charge in [0.25, 0.3) is 11.5 Å². The minimum Gasteiger partial charge on any atom is -0.346 e. The lowest BCUT2D eigenvalue weighted by Gasteiger charge is -2.04. The number of nitrogens with zero attached hydrogens (tertiary/aromatic N) is 2. The fraction of sp³-hybridized carbons (Fsp3) is 0.231. The van der Waals surface area contributed by atoms with Crippen LogP contribution in [-0.2, 0) is 6.54 Å². The van der Waals surface area contributed by atoms with Crippen molar-refractivity contribution in [2.24, 2.45) is 0 Å². The first-order chi connectivity index (χ1) is 9.70. The molecule has 0 atom stereocenters. The zero-order valence-corrected chi connectivity index (χ0v) is 11.7. The number of aromatic nitrogens is 3. The van der Waals surface area contributed by atoms with E-state index in [2.05, 4.69) is 20.5 Å². The Bertz CT molecular complexity index is 642. The average Bonchev–Trinajstić information content (AvgIpc) is 2.47. The summed E-state index contributed by atoms with van der Waals surface area (Å²) in [6, 6.07) is 8.78. The summed E-state index contributed by atoms with van der Waals surface area (Å²) in [5.41, 5.74) is 0.397. The summed E-state index contributed by atoms with van der Waals surface area (Å²) in [5.74, 6) is 0.549. The number of benzene rings is 1. The van der Waals surface area contributed by atoms with E-state index < -0.39 is 0 Å². The number of carbonyl (C=O) groups excluding carboxylic acids is 1. The van der Waals surface area contributed by atoms with Gasteiger partial charge in [-0.1, -0.05) is 36.9 Å². The maximum Gasteiger partial charge on any atom is 0.275 e. The van der Waals surface area contributed by atoms with E-state index in [1.54, 1.807) is 24.3 Å². The Balaban J connectivity index is 2.01. The van der Waals surface area contributed by atoms with Gasteiger partial charge in [-0.2, -0.15) is 0 Å². The molecule has 104 valence electrons. The van der Waals surface area contributed by atoms with Crippen molar-refractivity contribution in [1.82, 2.24) is 20.5 Å². The highest BCUT2D eigenvalue weighted by molar-refractivity contribution is 7.99. The van der Waals surface area contributed by atoms with E-state index in [1.165, 1.54) is 11.8 Å². The van der Waals surface area contributed by atoms with Crippen LogP contribution >= 0.6 is 11.8 Å². The van der Waals surface area contributed by atoms with Crippen LogP contribution in [0.25, 0.3) is 0 Å². The van der Waals surface area contributed by atoms with Crippen LogP contribution in [0, 0.1) is 0 Å². The summed E-state index contributed by atoms with van der Waals surface area (Å²) < 4.78 is 0. The van der Waals surface area contributed by atoms with Gasteiger partial charge in [-0.15, -0.1) is 10.2 Å². The molecule has 2 aromatic rings. The zero-order valence-electron chi connectivity index (χ0n) is 10.9. The van der Waals surface area contributed by atoms with Crippen molar-refractivity contribution in [1.29, 1.82) is 0 Å². The summed E-state index contributed by atoms with van der Waals surface area (Å²) in [5, 5.41) is 10.8. The van der Waals surface area contributed by atoms with E-state index in [9.17, 15) is 9.59 Å². The van der Waals surface area contributed by atoms with E-state index in [0.29, 0.717) is 10.7 Å². The van der Waals surface area contributed by atoms with Crippen LogP contribution in [-0.4, -0.2) is 26.8 Å². The average molecular weight is 290 g/mol. The largest absolute Gasteiger partial charge is 0.346 e. The van der Waals surface area contributed by atoms with Crippen LogP contribution in [0.4, 0.5) is 0 Å². The topological polar surface area (TPSA) is 87.7 Å². The number of thioether (sulfide) groups is 1. The smallest absolute Gasteiger partial charge is 0.275 e. The number of carbonyl (C=O) groups is 1. The van der Waals surface area contributed by atoms with Crippen LogP contribution in [0.5, 0.6) is 0 Å². The van der Waals surface area contributed by atoms with Crippen molar-refractivity contribution in [2.45, 2.75) is 18.6 Å². The predicted octanol–water partition coefficient (Wildman–Crippen LogP) is 1.21. The first kappa shape index (κ1) is 14.3. The molecule has 1 aromatic carbocycles. The fourth-order valence-electron chi connectivity index (χ4n) is 1.52. The molecule has 0 bridgehead atoms. The van der Waals surface area contributed by atoms with E-state index in [4.69, 9.17) is 0 Å². The Hall–Kier alpha value is -2.15. The fourth-order valence-corrected chi connectivity index (χ4v) is 2.06. The molecule has 1 amide bonds. The van der Waals surface area contributed by atoms with E-state index in [0.717, 1.165) is 5.75 Å². The van der Waals surface area contributed by atoms with Crippen LogP contribution < -0.4 is 10.9 Å². The highest BCUT2D eigenvalue weighted by atomic mass is 32.2. The minimum absolute atomic E-state index is 0.0487. The SMILES string of the molecule is CCSc1nnc(CNC(=O)c2ccccc2)c(=O)[nH]1. The second-order valence-corrected chi connectivity index (χ2v) is 5.14. The Morgan fingerprint density at radius 3 is 2.70 bits per heavy atom. The molecule has 0 unspecified atom stereocenters. The molecule has 20 heavy (non-hydrogen) atoms. The third kappa shape index (κ3) is 3.67. The molecule has 0 saturated heterocycles. The molecule has 0 spiro atoms. The molecular formula is C13H14N4O2S. The number of rotatable bonds is 5. The van der Waals surface area contributed by atoms with Crippen molar-refractivity contribution in [3.05, 3.63) is 51.9 Å². The number of nitrogens with one attached hydrogen (secondary N) is 2.